The molecule has 1 atom stereocenters. The quantitative estimate of drug-likeness (QED) is 0.682. The highest BCUT2D eigenvalue weighted by Crippen LogP contribution is 2.37. The maximum Gasteiger partial charge on any atom is 0.419 e. The fraction of sp³-hybridized carbons (Fsp3) is 0.571. The number of hydrogen-bond donors (Lipinski definition) is 0. The van der Waals surface area contributed by atoms with Gasteiger partial charge in [0.15, 0.2) is 0 Å². The van der Waals surface area contributed by atoms with Gasteiger partial charge in [0.1, 0.15) is 0 Å². The summed E-state index contributed by atoms with van der Waals surface area (Å²) in [4.78, 5) is 2.54. The maximum atomic E-state index is 6.31. The average Bonchev–Trinajstić information content (AvgIpc) is 2.83. The molecule has 1 aromatic rings. The average molecular weight is 229 g/mol. The summed E-state index contributed by atoms with van der Waals surface area (Å²) in [6.07, 6.45) is 2.58. The lowest BCUT2D eigenvalue weighted by atomic mass is 9.70. The Bertz CT molecular complexity index is 432. The molecule has 2 aliphatic heterocycles. The fourth-order valence-electron chi connectivity index (χ4n) is 3.36. The molecule has 2 nitrogen and oxygen atoms in total. The third-order valence-electron chi connectivity index (χ3n) is 4.27. The summed E-state index contributed by atoms with van der Waals surface area (Å²) >= 11 is 0. The van der Waals surface area contributed by atoms with Crippen molar-refractivity contribution >= 4 is 12.5 Å². The van der Waals surface area contributed by atoms with Gasteiger partial charge in [-0.3, -0.25) is 0 Å². The van der Waals surface area contributed by atoms with E-state index in [1.54, 1.807) is 0 Å². The van der Waals surface area contributed by atoms with Gasteiger partial charge in [0.05, 0.1) is 5.60 Å². The molecule has 0 unspecified atom stereocenters. The van der Waals surface area contributed by atoms with Gasteiger partial charge in [-0.05, 0) is 45.6 Å². The minimum atomic E-state index is -0.0105. The normalized spacial score (nSPS) is 27.5. The molecule has 0 bridgehead atoms. The van der Waals surface area contributed by atoms with E-state index in [4.69, 9.17) is 4.65 Å². The molecule has 2 aliphatic rings. The van der Waals surface area contributed by atoms with Crippen molar-refractivity contribution in [2.24, 2.45) is 0 Å². The zero-order valence-electron chi connectivity index (χ0n) is 10.9. The minimum Gasteiger partial charge on any atom is -0.411 e. The zero-order valence-corrected chi connectivity index (χ0v) is 10.9. The van der Waals surface area contributed by atoms with Crippen LogP contribution in [0.3, 0.4) is 0 Å². The second kappa shape index (κ2) is 3.86. The Morgan fingerprint density at radius 2 is 2.12 bits per heavy atom. The van der Waals surface area contributed by atoms with Crippen LogP contribution < -0.4 is 5.46 Å². The van der Waals surface area contributed by atoms with Crippen LogP contribution in [-0.2, 0) is 4.65 Å². The monoisotopic (exact) mass is 229 g/mol. The van der Waals surface area contributed by atoms with Gasteiger partial charge in [0, 0.05) is 6.04 Å². The first-order valence-electron chi connectivity index (χ1n) is 6.59. The molecule has 0 N–H and O–H groups in total. The van der Waals surface area contributed by atoms with Crippen LogP contribution in [0, 0.1) is 6.92 Å². The van der Waals surface area contributed by atoms with Crippen molar-refractivity contribution in [3.05, 3.63) is 29.8 Å². The number of rotatable bonds is 1. The van der Waals surface area contributed by atoms with Crippen LogP contribution in [0.5, 0.6) is 0 Å². The lowest BCUT2D eigenvalue weighted by Gasteiger charge is -2.25. The number of aryl methyl sites for hydroxylation is 1. The summed E-state index contributed by atoms with van der Waals surface area (Å²) < 4.78 is 6.31. The first-order chi connectivity index (χ1) is 8.09. The summed E-state index contributed by atoms with van der Waals surface area (Å²) in [5.41, 5.74) is 2.66. The summed E-state index contributed by atoms with van der Waals surface area (Å²) in [5, 5.41) is 0. The van der Waals surface area contributed by atoms with E-state index >= 15 is 0 Å². The molecule has 2 fully saturated rings. The molecular formula is C14H20BNO. The van der Waals surface area contributed by atoms with Crippen LogP contribution in [0.1, 0.15) is 32.3 Å². The van der Waals surface area contributed by atoms with Gasteiger partial charge in [-0.15, -0.1) is 0 Å². The number of hydrogen-bond acceptors (Lipinski definition) is 2. The van der Waals surface area contributed by atoms with Gasteiger partial charge in [-0.2, -0.15) is 0 Å². The standard InChI is InChI=1S/C14H20BNO/c1-11-7-4-5-8-12(11)15-16-10-6-9-13(16)14(2,3)17-15/h4-5,7-8,13H,6,9-10H2,1-3H3/t13-/m1/s1. The number of nitrogens with zero attached hydrogens (tertiary/aromatic N) is 1. The molecule has 3 rings (SSSR count). The molecule has 1 aromatic carbocycles. The van der Waals surface area contributed by atoms with Crippen molar-refractivity contribution in [2.75, 3.05) is 6.54 Å². The Kier molecular flexibility index (Phi) is 2.56. The summed E-state index contributed by atoms with van der Waals surface area (Å²) in [6, 6.07) is 9.18. The molecule has 0 aliphatic carbocycles. The van der Waals surface area contributed by atoms with E-state index in [2.05, 4.69) is 49.8 Å². The second-order valence-electron chi connectivity index (χ2n) is 5.83. The molecule has 90 valence electrons. The maximum absolute atomic E-state index is 6.31. The predicted molar refractivity (Wildman–Crippen MR) is 71.5 cm³/mol. The number of fused-ring (bicyclic) bond motifs is 1. The van der Waals surface area contributed by atoms with Gasteiger partial charge in [0.2, 0.25) is 0 Å². The van der Waals surface area contributed by atoms with E-state index in [1.807, 2.05) is 0 Å². The largest absolute Gasteiger partial charge is 0.419 e. The molecule has 2 heterocycles. The van der Waals surface area contributed by atoms with Crippen LogP contribution in [0.15, 0.2) is 24.3 Å². The van der Waals surface area contributed by atoms with Crippen LogP contribution in [0.4, 0.5) is 0 Å². The van der Waals surface area contributed by atoms with Crippen molar-refractivity contribution in [2.45, 2.75) is 45.3 Å². The summed E-state index contributed by atoms with van der Waals surface area (Å²) in [7, 11) is 0.165. The topological polar surface area (TPSA) is 12.5 Å². The first kappa shape index (κ1) is 11.3. The van der Waals surface area contributed by atoms with E-state index < -0.39 is 0 Å². The summed E-state index contributed by atoms with van der Waals surface area (Å²) in [6.45, 7) is 7.81. The Morgan fingerprint density at radius 3 is 2.88 bits per heavy atom. The molecule has 0 radical (unpaired) electrons. The molecular weight excluding hydrogens is 209 g/mol. The van der Waals surface area contributed by atoms with Crippen molar-refractivity contribution in [3.8, 4) is 0 Å². The first-order valence-corrected chi connectivity index (χ1v) is 6.59. The van der Waals surface area contributed by atoms with Crippen molar-refractivity contribution in [1.29, 1.82) is 0 Å². The highest BCUT2D eigenvalue weighted by atomic mass is 16.5. The Labute approximate surface area is 104 Å². The smallest absolute Gasteiger partial charge is 0.411 e. The Balaban J connectivity index is 1.97. The molecule has 0 amide bonds. The highest BCUT2D eigenvalue weighted by molar-refractivity contribution is 6.66. The zero-order chi connectivity index (χ0) is 12.0. The molecule has 17 heavy (non-hydrogen) atoms. The van der Waals surface area contributed by atoms with Crippen LogP contribution >= 0.6 is 0 Å². The van der Waals surface area contributed by atoms with E-state index in [0.29, 0.717) is 6.04 Å². The third kappa shape index (κ3) is 1.72. The van der Waals surface area contributed by atoms with Gasteiger partial charge < -0.3 is 9.47 Å². The van der Waals surface area contributed by atoms with Gasteiger partial charge >= 0.3 is 7.05 Å². The van der Waals surface area contributed by atoms with E-state index in [9.17, 15) is 0 Å². The van der Waals surface area contributed by atoms with Crippen LogP contribution in [0.2, 0.25) is 0 Å². The fourth-order valence-corrected chi connectivity index (χ4v) is 3.36. The molecule has 2 saturated heterocycles. The lowest BCUT2D eigenvalue weighted by molar-refractivity contribution is 0.106. The summed E-state index contributed by atoms with van der Waals surface area (Å²) in [5.74, 6) is 0. The molecule has 0 spiro atoms. The highest BCUT2D eigenvalue weighted by Gasteiger charge is 2.52. The second-order valence-corrected chi connectivity index (χ2v) is 5.83. The van der Waals surface area contributed by atoms with Gasteiger partial charge in [-0.25, -0.2) is 0 Å². The number of benzene rings is 1. The van der Waals surface area contributed by atoms with Gasteiger partial charge in [-0.1, -0.05) is 29.8 Å². The van der Waals surface area contributed by atoms with E-state index in [0.717, 1.165) is 0 Å². The minimum absolute atomic E-state index is 0.0105. The van der Waals surface area contributed by atoms with Crippen LogP contribution in [-0.4, -0.2) is 30.0 Å². The van der Waals surface area contributed by atoms with Crippen molar-refractivity contribution in [3.63, 3.8) is 0 Å². The van der Waals surface area contributed by atoms with Crippen LogP contribution in [0.25, 0.3) is 0 Å². The molecule has 0 saturated carbocycles. The van der Waals surface area contributed by atoms with E-state index in [1.165, 1.54) is 30.4 Å². The lowest BCUT2D eigenvalue weighted by Crippen LogP contribution is -2.46. The Morgan fingerprint density at radius 1 is 1.35 bits per heavy atom. The van der Waals surface area contributed by atoms with Crippen molar-refractivity contribution in [1.82, 2.24) is 4.81 Å². The molecule has 3 heteroatoms. The SMILES string of the molecule is Cc1ccccc1B1OC(C)(C)[C@H]2CCCN12. The van der Waals surface area contributed by atoms with E-state index in [-0.39, 0.29) is 12.7 Å². The predicted octanol–water partition coefficient (Wildman–Crippen LogP) is 1.96. The van der Waals surface area contributed by atoms with Gasteiger partial charge in [0.25, 0.3) is 0 Å². The molecule has 0 aromatic heterocycles. The third-order valence-corrected chi connectivity index (χ3v) is 4.27. The van der Waals surface area contributed by atoms with Crippen molar-refractivity contribution < 1.29 is 4.65 Å². The Hall–Kier alpha value is -0.795.